The lowest BCUT2D eigenvalue weighted by molar-refractivity contribution is -0.434. The van der Waals surface area contributed by atoms with Crippen molar-refractivity contribution in [2.45, 2.75) is 13.0 Å². The van der Waals surface area contributed by atoms with Crippen molar-refractivity contribution >= 4 is 23.4 Å². The van der Waals surface area contributed by atoms with Crippen molar-refractivity contribution in [1.29, 1.82) is 0 Å². The number of nitro groups is 1. The molecule has 1 aliphatic rings. The van der Waals surface area contributed by atoms with Gasteiger partial charge in [0.2, 0.25) is 6.10 Å². The number of hydrogen-bond acceptors (Lipinski definition) is 5. The largest absolute Gasteiger partial charge is 0.446 e. The van der Waals surface area contributed by atoms with Gasteiger partial charge in [-0.3, -0.25) is 14.9 Å². The van der Waals surface area contributed by atoms with Crippen LogP contribution in [-0.2, 0) is 9.53 Å². The molecule has 1 aliphatic carbocycles. The van der Waals surface area contributed by atoms with Crippen LogP contribution < -0.4 is 0 Å². The lowest BCUT2D eigenvalue weighted by Gasteiger charge is -2.09. The minimum Gasteiger partial charge on any atom is -0.446 e. The summed E-state index contributed by atoms with van der Waals surface area (Å²) < 4.78 is 4.93. The summed E-state index contributed by atoms with van der Waals surface area (Å²) in [4.78, 5) is 21.0. The van der Waals surface area contributed by atoms with E-state index in [0.29, 0.717) is 5.56 Å². The van der Waals surface area contributed by atoms with Gasteiger partial charge in [0.1, 0.15) is 0 Å². The second-order valence-electron chi connectivity index (χ2n) is 3.10. The van der Waals surface area contributed by atoms with Gasteiger partial charge in [-0.2, -0.15) is 11.3 Å². The fraction of sp³-hybridized carbons (Fsp3) is 0.222. The molecule has 15 heavy (non-hydrogen) atoms. The molecule has 0 aliphatic heterocycles. The molecule has 2 rings (SSSR count). The van der Waals surface area contributed by atoms with Crippen molar-refractivity contribution in [3.63, 3.8) is 0 Å². The Morgan fingerprint density at radius 3 is 2.93 bits per heavy atom. The lowest BCUT2D eigenvalue weighted by atomic mass is 10.2. The average Bonchev–Trinajstić information content (AvgIpc) is 2.66. The SMILES string of the molecule is CC(=O)OC1C([N+](=O)[O-])=Cc2cscc21. The Balaban J connectivity index is 2.38. The summed E-state index contributed by atoms with van der Waals surface area (Å²) in [5.74, 6) is -0.521. The first-order valence-electron chi connectivity index (χ1n) is 4.19. The summed E-state index contributed by atoms with van der Waals surface area (Å²) in [5.41, 5.74) is 1.38. The molecular weight excluding hydrogens is 218 g/mol. The number of esters is 1. The second kappa shape index (κ2) is 3.47. The highest BCUT2D eigenvalue weighted by molar-refractivity contribution is 7.08. The highest BCUT2D eigenvalue weighted by Crippen LogP contribution is 2.39. The highest BCUT2D eigenvalue weighted by atomic mass is 32.1. The molecule has 1 heterocycles. The van der Waals surface area contributed by atoms with Gasteiger partial charge in [-0.15, -0.1) is 0 Å². The van der Waals surface area contributed by atoms with Crippen LogP contribution in [0.2, 0.25) is 0 Å². The topological polar surface area (TPSA) is 69.4 Å². The van der Waals surface area contributed by atoms with Crippen LogP contribution in [0.15, 0.2) is 16.5 Å². The van der Waals surface area contributed by atoms with Gasteiger partial charge in [-0.05, 0) is 16.3 Å². The Labute approximate surface area is 89.1 Å². The number of nitrogens with zero attached hydrogens (tertiary/aromatic N) is 1. The number of carbonyl (C=O) groups excluding carboxylic acids is 1. The standard InChI is InChI=1S/C9H7NO4S/c1-5(11)14-9-7-4-15-3-6(7)2-8(9)10(12)13/h2-4,9H,1H3. The molecule has 5 nitrogen and oxygen atoms in total. The minimum atomic E-state index is -0.848. The van der Waals surface area contributed by atoms with Crippen molar-refractivity contribution in [1.82, 2.24) is 0 Å². The van der Waals surface area contributed by atoms with Crippen LogP contribution in [0, 0.1) is 10.1 Å². The first-order chi connectivity index (χ1) is 7.09. The Morgan fingerprint density at radius 2 is 2.33 bits per heavy atom. The fourth-order valence-corrected chi connectivity index (χ4v) is 2.30. The van der Waals surface area contributed by atoms with E-state index in [-0.39, 0.29) is 5.70 Å². The zero-order chi connectivity index (χ0) is 11.0. The molecule has 0 N–H and O–H groups in total. The molecule has 1 atom stereocenters. The van der Waals surface area contributed by atoms with E-state index in [1.165, 1.54) is 24.3 Å². The van der Waals surface area contributed by atoms with Crippen LogP contribution in [0.4, 0.5) is 0 Å². The van der Waals surface area contributed by atoms with Gasteiger partial charge >= 0.3 is 5.97 Å². The molecule has 1 unspecified atom stereocenters. The third-order valence-electron chi connectivity index (χ3n) is 2.07. The zero-order valence-electron chi connectivity index (χ0n) is 7.80. The van der Waals surface area contributed by atoms with E-state index in [9.17, 15) is 14.9 Å². The van der Waals surface area contributed by atoms with Crippen molar-refractivity contribution in [2.75, 3.05) is 0 Å². The van der Waals surface area contributed by atoms with Crippen LogP contribution in [0.1, 0.15) is 24.2 Å². The van der Waals surface area contributed by atoms with Crippen molar-refractivity contribution in [2.24, 2.45) is 0 Å². The van der Waals surface area contributed by atoms with E-state index >= 15 is 0 Å². The van der Waals surface area contributed by atoms with Crippen LogP contribution >= 0.6 is 11.3 Å². The first-order valence-corrected chi connectivity index (χ1v) is 5.13. The molecule has 0 aromatic carbocycles. The number of ether oxygens (including phenoxy) is 1. The normalized spacial score (nSPS) is 18.2. The number of carbonyl (C=O) groups is 1. The van der Waals surface area contributed by atoms with Gasteiger partial charge in [0.25, 0.3) is 5.70 Å². The second-order valence-corrected chi connectivity index (χ2v) is 3.84. The molecule has 6 heteroatoms. The molecular formula is C9H7NO4S. The van der Waals surface area contributed by atoms with Crippen molar-refractivity contribution in [3.05, 3.63) is 37.7 Å². The molecule has 0 fully saturated rings. The van der Waals surface area contributed by atoms with Crippen molar-refractivity contribution < 1.29 is 14.5 Å². The maximum Gasteiger partial charge on any atom is 0.303 e. The summed E-state index contributed by atoms with van der Waals surface area (Å²) >= 11 is 1.43. The third-order valence-corrected chi connectivity index (χ3v) is 2.85. The van der Waals surface area contributed by atoms with Gasteiger partial charge < -0.3 is 4.74 Å². The third kappa shape index (κ3) is 1.63. The van der Waals surface area contributed by atoms with Gasteiger partial charge in [0, 0.05) is 18.6 Å². The summed E-state index contributed by atoms with van der Waals surface area (Å²) in [6.45, 7) is 1.24. The van der Waals surface area contributed by atoms with Crippen LogP contribution in [0.5, 0.6) is 0 Å². The predicted octanol–water partition coefficient (Wildman–Crippen LogP) is 1.98. The van der Waals surface area contributed by atoms with E-state index in [2.05, 4.69) is 0 Å². The molecule has 0 saturated heterocycles. The zero-order valence-corrected chi connectivity index (χ0v) is 8.61. The first kappa shape index (κ1) is 9.85. The summed E-state index contributed by atoms with van der Waals surface area (Å²) in [6, 6.07) is 0. The molecule has 1 aromatic heterocycles. The van der Waals surface area contributed by atoms with Gasteiger partial charge in [-0.1, -0.05) is 0 Å². The minimum absolute atomic E-state index is 0.0806. The van der Waals surface area contributed by atoms with Crippen LogP contribution in [0.25, 0.3) is 6.08 Å². The molecule has 0 bridgehead atoms. The van der Waals surface area contributed by atoms with Crippen LogP contribution in [-0.4, -0.2) is 10.9 Å². The van der Waals surface area contributed by atoms with Crippen molar-refractivity contribution in [3.8, 4) is 0 Å². The predicted molar refractivity (Wildman–Crippen MR) is 53.8 cm³/mol. The Bertz CT molecular complexity index is 462. The number of fused-ring (bicyclic) bond motifs is 1. The van der Waals surface area contributed by atoms with Gasteiger partial charge in [0.05, 0.1) is 4.92 Å². The van der Waals surface area contributed by atoms with E-state index in [4.69, 9.17) is 4.74 Å². The molecule has 0 spiro atoms. The maximum absolute atomic E-state index is 10.8. The highest BCUT2D eigenvalue weighted by Gasteiger charge is 2.36. The maximum atomic E-state index is 10.8. The van der Waals surface area contributed by atoms with E-state index in [0.717, 1.165) is 5.56 Å². The van der Waals surface area contributed by atoms with Crippen LogP contribution in [0.3, 0.4) is 0 Å². The Morgan fingerprint density at radius 1 is 1.60 bits per heavy atom. The molecule has 0 radical (unpaired) electrons. The smallest absolute Gasteiger partial charge is 0.303 e. The summed E-state index contributed by atoms with van der Waals surface area (Å²) in [6.07, 6.45) is 0.596. The number of rotatable bonds is 2. The quantitative estimate of drug-likeness (QED) is 0.438. The van der Waals surface area contributed by atoms with Gasteiger partial charge in [0.15, 0.2) is 0 Å². The van der Waals surface area contributed by atoms with E-state index in [1.807, 2.05) is 0 Å². The molecule has 78 valence electrons. The Hall–Kier alpha value is -1.69. The average molecular weight is 225 g/mol. The molecule has 0 amide bonds. The van der Waals surface area contributed by atoms with Gasteiger partial charge in [-0.25, -0.2) is 0 Å². The molecule has 0 saturated carbocycles. The molecule has 1 aromatic rings. The summed E-state index contributed by atoms with van der Waals surface area (Å²) in [7, 11) is 0. The Kier molecular flexibility index (Phi) is 2.28. The van der Waals surface area contributed by atoms with E-state index < -0.39 is 17.0 Å². The van der Waals surface area contributed by atoms with E-state index in [1.54, 1.807) is 10.8 Å². The number of thiophene rings is 1. The summed E-state index contributed by atoms with van der Waals surface area (Å²) in [5, 5.41) is 14.3. The fourth-order valence-electron chi connectivity index (χ4n) is 1.48. The monoisotopic (exact) mass is 225 g/mol. The lowest BCUT2D eigenvalue weighted by Crippen LogP contribution is -2.12. The number of hydrogen-bond donors (Lipinski definition) is 0.